The molecule has 2 aromatic rings. The quantitative estimate of drug-likeness (QED) is 0.684. The molecule has 5 aliphatic rings. The molecule has 174 valence electrons. The number of nitrogen functional groups attached to an aromatic ring is 1. The van der Waals surface area contributed by atoms with E-state index in [1.165, 1.54) is 44.2 Å². The molecular formula is C26H34N6O. The van der Waals surface area contributed by atoms with Crippen LogP contribution in [0.15, 0.2) is 18.5 Å². The third kappa shape index (κ3) is 4.16. The maximum atomic E-state index is 6.71. The first-order valence-corrected chi connectivity index (χ1v) is 13.0. The Morgan fingerprint density at radius 2 is 1.73 bits per heavy atom. The maximum Gasteiger partial charge on any atom is 0.246 e. The average Bonchev–Trinajstić information content (AvgIpc) is 3.73. The number of hydrogen-bond acceptors (Lipinski definition) is 7. The first-order valence-electron chi connectivity index (χ1n) is 13.0. The van der Waals surface area contributed by atoms with Crippen LogP contribution in [-0.4, -0.2) is 52.6 Å². The van der Waals surface area contributed by atoms with E-state index in [-0.39, 0.29) is 0 Å². The van der Waals surface area contributed by atoms with Gasteiger partial charge in [-0.1, -0.05) is 0 Å². The number of likely N-dealkylation sites (tertiary alicyclic amines) is 1. The number of nitrogens with zero attached hydrogens (tertiary/aromatic N) is 5. The topological polar surface area (TPSA) is 80.4 Å². The highest BCUT2D eigenvalue weighted by molar-refractivity contribution is 5.63. The van der Waals surface area contributed by atoms with Crippen molar-refractivity contribution in [3.63, 3.8) is 0 Å². The molecule has 5 fully saturated rings. The molecule has 0 radical (unpaired) electrons. The van der Waals surface area contributed by atoms with E-state index in [0.717, 1.165) is 68.3 Å². The normalized spacial score (nSPS) is 27.6. The van der Waals surface area contributed by atoms with Crippen molar-refractivity contribution in [2.45, 2.75) is 56.8 Å². The number of fused-ring (bicyclic) bond motifs is 1. The van der Waals surface area contributed by atoms with Gasteiger partial charge in [0, 0.05) is 25.6 Å². The van der Waals surface area contributed by atoms with Crippen molar-refractivity contribution in [1.29, 1.82) is 0 Å². The van der Waals surface area contributed by atoms with Gasteiger partial charge in [-0.15, -0.1) is 0 Å². The number of ether oxygens (including phenoxy) is 1. The van der Waals surface area contributed by atoms with E-state index in [2.05, 4.69) is 25.8 Å². The Labute approximate surface area is 195 Å². The fourth-order valence-electron chi connectivity index (χ4n) is 5.86. The SMILES string of the molecule is Nc1c(C2CCN(CC3CC3)CC2)cc(N2CC3CC3C2)nc1Oc1cnc(C2CC2)cn1. The Morgan fingerprint density at radius 1 is 0.939 bits per heavy atom. The summed E-state index contributed by atoms with van der Waals surface area (Å²) in [7, 11) is 0. The average molecular weight is 447 g/mol. The van der Waals surface area contributed by atoms with Gasteiger partial charge >= 0.3 is 0 Å². The minimum atomic E-state index is 0.463. The summed E-state index contributed by atoms with van der Waals surface area (Å²) in [5.74, 6) is 5.69. The minimum absolute atomic E-state index is 0.463. The van der Waals surface area contributed by atoms with Crippen LogP contribution in [0.4, 0.5) is 11.5 Å². The zero-order chi connectivity index (χ0) is 21.9. The molecule has 7 nitrogen and oxygen atoms in total. The summed E-state index contributed by atoms with van der Waals surface area (Å²) >= 11 is 0. The van der Waals surface area contributed by atoms with Crippen LogP contribution >= 0.6 is 0 Å². The van der Waals surface area contributed by atoms with Crippen molar-refractivity contribution in [2.24, 2.45) is 17.8 Å². The van der Waals surface area contributed by atoms with Crippen LogP contribution in [0.3, 0.4) is 0 Å². The first kappa shape index (κ1) is 20.0. The number of pyridine rings is 1. The lowest BCUT2D eigenvalue weighted by Gasteiger charge is -2.33. The molecule has 3 aliphatic carbocycles. The van der Waals surface area contributed by atoms with E-state index in [9.17, 15) is 0 Å². The van der Waals surface area contributed by atoms with E-state index < -0.39 is 0 Å². The lowest BCUT2D eigenvalue weighted by atomic mass is 9.88. The number of piperidine rings is 2. The third-order valence-electron chi connectivity index (χ3n) is 8.43. The number of rotatable bonds is 7. The summed E-state index contributed by atoms with van der Waals surface area (Å²) in [5.41, 5.74) is 9.66. The van der Waals surface area contributed by atoms with E-state index in [1.807, 2.05) is 6.20 Å². The van der Waals surface area contributed by atoms with Crippen LogP contribution < -0.4 is 15.4 Å². The van der Waals surface area contributed by atoms with Crippen LogP contribution in [-0.2, 0) is 0 Å². The molecular weight excluding hydrogens is 412 g/mol. The van der Waals surface area contributed by atoms with Gasteiger partial charge in [0.2, 0.25) is 11.8 Å². The maximum absolute atomic E-state index is 6.71. The Bertz CT molecular complexity index is 1020. The summed E-state index contributed by atoms with van der Waals surface area (Å²) in [6, 6.07) is 2.26. The highest BCUT2D eigenvalue weighted by atomic mass is 16.5. The zero-order valence-electron chi connectivity index (χ0n) is 19.3. The van der Waals surface area contributed by atoms with Crippen LogP contribution in [0.25, 0.3) is 0 Å². The molecule has 0 spiro atoms. The molecule has 2 N–H and O–H groups in total. The summed E-state index contributed by atoms with van der Waals surface area (Å²) in [4.78, 5) is 19.0. The number of hydrogen-bond donors (Lipinski definition) is 1. The molecule has 3 saturated carbocycles. The molecule has 0 bridgehead atoms. The van der Waals surface area contributed by atoms with E-state index in [4.69, 9.17) is 15.5 Å². The molecule has 2 atom stereocenters. The van der Waals surface area contributed by atoms with E-state index in [0.29, 0.717) is 29.3 Å². The van der Waals surface area contributed by atoms with Gasteiger partial charge in [0.15, 0.2) is 0 Å². The van der Waals surface area contributed by atoms with Crippen LogP contribution in [0.2, 0.25) is 0 Å². The van der Waals surface area contributed by atoms with Crippen molar-refractivity contribution in [3.8, 4) is 11.8 Å². The largest absolute Gasteiger partial charge is 0.417 e. The summed E-state index contributed by atoms with van der Waals surface area (Å²) in [5, 5.41) is 0. The predicted molar refractivity (Wildman–Crippen MR) is 128 cm³/mol. The van der Waals surface area contributed by atoms with Gasteiger partial charge < -0.3 is 20.3 Å². The second-order valence-electron chi connectivity index (χ2n) is 11.1. The van der Waals surface area contributed by atoms with Gasteiger partial charge in [0.1, 0.15) is 5.82 Å². The van der Waals surface area contributed by atoms with Crippen LogP contribution in [0.5, 0.6) is 11.8 Å². The zero-order valence-corrected chi connectivity index (χ0v) is 19.3. The smallest absolute Gasteiger partial charge is 0.246 e. The summed E-state index contributed by atoms with van der Waals surface area (Å²) < 4.78 is 6.17. The molecule has 33 heavy (non-hydrogen) atoms. The molecule has 2 saturated heterocycles. The molecule has 4 heterocycles. The molecule has 2 aliphatic heterocycles. The minimum Gasteiger partial charge on any atom is -0.417 e. The van der Waals surface area contributed by atoms with Crippen molar-refractivity contribution >= 4 is 11.5 Å². The number of nitrogens with two attached hydrogens (primary N) is 1. The van der Waals surface area contributed by atoms with Crippen molar-refractivity contribution in [3.05, 3.63) is 29.7 Å². The van der Waals surface area contributed by atoms with Gasteiger partial charge in [-0.3, -0.25) is 4.98 Å². The van der Waals surface area contributed by atoms with Crippen molar-refractivity contribution in [2.75, 3.05) is 43.4 Å². The monoisotopic (exact) mass is 446 g/mol. The second kappa shape index (κ2) is 7.83. The fourth-order valence-corrected chi connectivity index (χ4v) is 5.86. The van der Waals surface area contributed by atoms with Gasteiger partial charge in [-0.25, -0.2) is 4.98 Å². The van der Waals surface area contributed by atoms with E-state index >= 15 is 0 Å². The van der Waals surface area contributed by atoms with Crippen LogP contribution in [0, 0.1) is 17.8 Å². The van der Waals surface area contributed by atoms with E-state index in [1.54, 1.807) is 6.20 Å². The van der Waals surface area contributed by atoms with Crippen LogP contribution in [0.1, 0.15) is 68.0 Å². The van der Waals surface area contributed by atoms with Crippen molar-refractivity contribution < 1.29 is 4.74 Å². The molecule has 0 amide bonds. The van der Waals surface area contributed by atoms with Gasteiger partial charge in [-0.05, 0) is 93.3 Å². The van der Waals surface area contributed by atoms with Gasteiger partial charge in [0.25, 0.3) is 0 Å². The number of anilines is 2. The summed E-state index contributed by atoms with van der Waals surface area (Å²) in [6.07, 6.45) is 12.5. The lowest BCUT2D eigenvalue weighted by Crippen LogP contribution is -2.34. The predicted octanol–water partition coefficient (Wildman–Crippen LogP) is 4.17. The lowest BCUT2D eigenvalue weighted by molar-refractivity contribution is 0.205. The standard InChI is InChI=1S/C26H34N6O/c27-25-21(17-5-7-31(8-6-17)13-16-1-2-16)10-23(32-14-19-9-20(19)15-32)30-26(25)33-24-12-28-22(11-29-24)18-3-4-18/h10-12,16-20H,1-9,13-15,27H2. The molecule has 7 rings (SSSR count). The molecule has 2 aromatic heterocycles. The molecule has 0 aromatic carbocycles. The van der Waals surface area contributed by atoms with Gasteiger partial charge in [-0.2, -0.15) is 4.98 Å². The van der Waals surface area contributed by atoms with Crippen molar-refractivity contribution in [1.82, 2.24) is 19.9 Å². The Hall–Kier alpha value is -2.41. The Morgan fingerprint density at radius 3 is 2.39 bits per heavy atom. The number of aromatic nitrogens is 3. The Kier molecular flexibility index (Phi) is 4.74. The molecule has 2 unspecified atom stereocenters. The van der Waals surface area contributed by atoms with Gasteiger partial charge in [0.05, 0.1) is 23.8 Å². The highest BCUT2D eigenvalue weighted by Crippen LogP contribution is 2.47. The Balaban J connectivity index is 1.14. The second-order valence-corrected chi connectivity index (χ2v) is 11.1. The third-order valence-corrected chi connectivity index (χ3v) is 8.43. The highest BCUT2D eigenvalue weighted by Gasteiger charge is 2.45. The summed E-state index contributed by atoms with van der Waals surface area (Å²) in [6.45, 7) is 5.82. The molecule has 7 heteroatoms. The fraction of sp³-hybridized carbons (Fsp3) is 0.654. The first-order chi connectivity index (χ1) is 16.2.